The van der Waals surface area contributed by atoms with E-state index < -0.39 is 11.7 Å². The molecule has 1 aromatic rings. The average Bonchev–Trinajstić information content (AvgIpc) is 2.87. The van der Waals surface area contributed by atoms with E-state index in [1.165, 1.54) is 12.1 Å². The van der Waals surface area contributed by atoms with Gasteiger partial charge in [0.15, 0.2) is 0 Å². The zero-order valence-electron chi connectivity index (χ0n) is 11.7. The van der Waals surface area contributed by atoms with Crippen LogP contribution >= 0.6 is 0 Å². The fourth-order valence-electron chi connectivity index (χ4n) is 2.49. The standard InChI is InChI=1S/C14H18F3N3O/c1-18-9-12-3-2-8-20(12)13(21)19-11-6-4-10(5-7-11)14(15,16)17/h4-7,12,18H,2-3,8-9H2,1H3,(H,19,21). The van der Waals surface area contributed by atoms with E-state index >= 15 is 0 Å². The molecule has 1 unspecified atom stereocenters. The predicted molar refractivity (Wildman–Crippen MR) is 74.1 cm³/mol. The third-order valence-corrected chi connectivity index (χ3v) is 3.54. The van der Waals surface area contributed by atoms with Crippen LogP contribution in [-0.4, -0.2) is 37.1 Å². The van der Waals surface area contributed by atoms with Crippen LogP contribution in [0.2, 0.25) is 0 Å². The number of benzene rings is 1. The molecule has 2 rings (SSSR count). The minimum atomic E-state index is -4.37. The lowest BCUT2D eigenvalue weighted by atomic mass is 10.2. The van der Waals surface area contributed by atoms with E-state index in [-0.39, 0.29) is 12.1 Å². The Labute approximate surface area is 121 Å². The van der Waals surface area contributed by atoms with Gasteiger partial charge in [0.05, 0.1) is 5.56 Å². The van der Waals surface area contributed by atoms with Crippen molar-refractivity contribution in [3.8, 4) is 0 Å². The number of urea groups is 1. The first-order valence-electron chi connectivity index (χ1n) is 6.81. The molecule has 0 aromatic heterocycles. The van der Waals surface area contributed by atoms with E-state index in [1.54, 1.807) is 4.90 Å². The molecule has 0 radical (unpaired) electrons. The molecule has 1 aliphatic heterocycles. The minimum Gasteiger partial charge on any atom is -0.320 e. The van der Waals surface area contributed by atoms with Gasteiger partial charge in [0.1, 0.15) is 0 Å². The first kappa shape index (κ1) is 15.6. The zero-order valence-corrected chi connectivity index (χ0v) is 11.7. The molecular formula is C14H18F3N3O. The van der Waals surface area contributed by atoms with Crippen molar-refractivity contribution in [2.24, 2.45) is 0 Å². The fraction of sp³-hybridized carbons (Fsp3) is 0.500. The molecule has 1 saturated heterocycles. The molecule has 1 aromatic carbocycles. The summed E-state index contributed by atoms with van der Waals surface area (Å²) in [6.07, 6.45) is -2.50. The molecule has 2 amide bonds. The van der Waals surface area contributed by atoms with Gasteiger partial charge in [-0.3, -0.25) is 0 Å². The number of anilines is 1. The summed E-state index contributed by atoms with van der Waals surface area (Å²) in [4.78, 5) is 13.9. The van der Waals surface area contributed by atoms with Crippen LogP contribution in [-0.2, 0) is 6.18 Å². The molecule has 1 aliphatic rings. The summed E-state index contributed by atoms with van der Waals surface area (Å²) in [5.74, 6) is 0. The van der Waals surface area contributed by atoms with Crippen LogP contribution < -0.4 is 10.6 Å². The first-order chi connectivity index (χ1) is 9.91. The maximum Gasteiger partial charge on any atom is 0.416 e. The van der Waals surface area contributed by atoms with Gasteiger partial charge in [0, 0.05) is 24.8 Å². The second-order valence-corrected chi connectivity index (χ2v) is 5.05. The van der Waals surface area contributed by atoms with Crippen LogP contribution in [0, 0.1) is 0 Å². The number of carbonyl (C=O) groups is 1. The lowest BCUT2D eigenvalue weighted by Crippen LogP contribution is -2.43. The van der Waals surface area contributed by atoms with Gasteiger partial charge in [-0.25, -0.2) is 4.79 Å². The fourth-order valence-corrected chi connectivity index (χ4v) is 2.49. The largest absolute Gasteiger partial charge is 0.416 e. The molecule has 4 nitrogen and oxygen atoms in total. The molecule has 0 bridgehead atoms. The Balaban J connectivity index is 1.99. The van der Waals surface area contributed by atoms with Gasteiger partial charge < -0.3 is 15.5 Å². The molecular weight excluding hydrogens is 283 g/mol. The van der Waals surface area contributed by atoms with Crippen molar-refractivity contribution in [3.05, 3.63) is 29.8 Å². The number of hydrogen-bond donors (Lipinski definition) is 2. The Kier molecular flexibility index (Phi) is 4.72. The molecule has 2 N–H and O–H groups in total. The van der Waals surface area contributed by atoms with Crippen molar-refractivity contribution in [2.75, 3.05) is 25.5 Å². The van der Waals surface area contributed by atoms with Gasteiger partial charge in [0.2, 0.25) is 0 Å². The maximum absolute atomic E-state index is 12.5. The van der Waals surface area contributed by atoms with Gasteiger partial charge in [-0.05, 0) is 44.2 Å². The number of likely N-dealkylation sites (N-methyl/N-ethyl adjacent to an activating group) is 1. The number of amides is 2. The second-order valence-electron chi connectivity index (χ2n) is 5.05. The molecule has 21 heavy (non-hydrogen) atoms. The first-order valence-corrected chi connectivity index (χ1v) is 6.81. The number of rotatable bonds is 3. The number of carbonyl (C=O) groups excluding carboxylic acids is 1. The molecule has 1 fully saturated rings. The average molecular weight is 301 g/mol. The second kappa shape index (κ2) is 6.34. The van der Waals surface area contributed by atoms with E-state index in [4.69, 9.17) is 0 Å². The van der Waals surface area contributed by atoms with E-state index in [2.05, 4.69) is 10.6 Å². The number of hydrogen-bond acceptors (Lipinski definition) is 2. The predicted octanol–water partition coefficient (Wildman–Crippen LogP) is 2.92. The minimum absolute atomic E-state index is 0.129. The Morgan fingerprint density at radius 3 is 2.57 bits per heavy atom. The Hall–Kier alpha value is -1.76. The molecule has 116 valence electrons. The van der Waals surface area contributed by atoms with Crippen molar-refractivity contribution in [2.45, 2.75) is 25.1 Å². The van der Waals surface area contributed by atoms with Gasteiger partial charge in [-0.2, -0.15) is 13.2 Å². The van der Waals surface area contributed by atoms with Gasteiger partial charge >= 0.3 is 12.2 Å². The van der Waals surface area contributed by atoms with Gasteiger partial charge in [0.25, 0.3) is 0 Å². The smallest absolute Gasteiger partial charge is 0.320 e. The topological polar surface area (TPSA) is 44.4 Å². The molecule has 0 saturated carbocycles. The summed E-state index contributed by atoms with van der Waals surface area (Å²) in [5.41, 5.74) is -0.363. The van der Waals surface area contributed by atoms with E-state index in [0.717, 1.165) is 25.0 Å². The summed E-state index contributed by atoms with van der Waals surface area (Å²) in [6, 6.07) is 4.32. The van der Waals surface area contributed by atoms with Crippen LogP contribution in [0.25, 0.3) is 0 Å². The van der Waals surface area contributed by atoms with Crippen molar-refractivity contribution < 1.29 is 18.0 Å². The summed E-state index contributed by atoms with van der Waals surface area (Å²) < 4.78 is 37.4. The highest BCUT2D eigenvalue weighted by molar-refractivity contribution is 5.89. The molecule has 7 heteroatoms. The summed E-state index contributed by atoms with van der Waals surface area (Å²) in [7, 11) is 1.82. The Morgan fingerprint density at radius 1 is 1.33 bits per heavy atom. The molecule has 1 heterocycles. The van der Waals surface area contributed by atoms with Gasteiger partial charge in [-0.1, -0.05) is 0 Å². The van der Waals surface area contributed by atoms with Gasteiger partial charge in [-0.15, -0.1) is 0 Å². The molecule has 0 aliphatic carbocycles. The van der Waals surface area contributed by atoms with Crippen molar-refractivity contribution in [1.29, 1.82) is 0 Å². The highest BCUT2D eigenvalue weighted by Crippen LogP contribution is 2.30. The zero-order chi connectivity index (χ0) is 15.5. The van der Waals surface area contributed by atoms with Crippen LogP contribution in [0.5, 0.6) is 0 Å². The molecule has 1 atom stereocenters. The lowest BCUT2D eigenvalue weighted by molar-refractivity contribution is -0.137. The Bertz CT molecular complexity index is 487. The summed E-state index contributed by atoms with van der Waals surface area (Å²) in [5, 5.41) is 5.68. The van der Waals surface area contributed by atoms with Crippen LogP contribution in [0.4, 0.5) is 23.7 Å². The Morgan fingerprint density at radius 2 is 2.00 bits per heavy atom. The number of nitrogens with zero attached hydrogens (tertiary/aromatic N) is 1. The highest BCUT2D eigenvalue weighted by atomic mass is 19.4. The quantitative estimate of drug-likeness (QED) is 0.901. The third kappa shape index (κ3) is 3.87. The van der Waals surface area contributed by atoms with Crippen molar-refractivity contribution >= 4 is 11.7 Å². The van der Waals surface area contributed by atoms with E-state index in [1.807, 2.05) is 7.05 Å². The third-order valence-electron chi connectivity index (χ3n) is 3.54. The van der Waals surface area contributed by atoms with Crippen molar-refractivity contribution in [1.82, 2.24) is 10.2 Å². The van der Waals surface area contributed by atoms with Crippen LogP contribution in [0.1, 0.15) is 18.4 Å². The van der Waals surface area contributed by atoms with Crippen LogP contribution in [0.15, 0.2) is 24.3 Å². The maximum atomic E-state index is 12.5. The normalized spacial score (nSPS) is 18.9. The monoisotopic (exact) mass is 301 g/mol. The summed E-state index contributed by atoms with van der Waals surface area (Å²) >= 11 is 0. The lowest BCUT2D eigenvalue weighted by Gasteiger charge is -2.24. The highest BCUT2D eigenvalue weighted by Gasteiger charge is 2.30. The summed E-state index contributed by atoms with van der Waals surface area (Å²) in [6.45, 7) is 1.37. The van der Waals surface area contributed by atoms with E-state index in [9.17, 15) is 18.0 Å². The number of nitrogens with one attached hydrogen (secondary N) is 2. The molecule has 0 spiro atoms. The van der Waals surface area contributed by atoms with Crippen LogP contribution in [0.3, 0.4) is 0 Å². The van der Waals surface area contributed by atoms with Crippen molar-refractivity contribution in [3.63, 3.8) is 0 Å². The number of alkyl halides is 3. The SMILES string of the molecule is CNCC1CCCN1C(=O)Nc1ccc(C(F)(F)F)cc1. The number of halogens is 3. The number of likely N-dealkylation sites (tertiary alicyclic amines) is 1. The van der Waals surface area contributed by atoms with E-state index in [0.29, 0.717) is 18.8 Å².